The molecule has 1 N–H and O–H groups in total. The minimum Gasteiger partial charge on any atom is -0.379 e. The highest BCUT2D eigenvalue weighted by Gasteiger charge is 2.19. The molecule has 0 radical (unpaired) electrons. The molecular weight excluding hydrogens is 444 g/mol. The van der Waals surface area contributed by atoms with Gasteiger partial charge in [-0.15, -0.1) is 0 Å². The molecule has 2 aromatic carbocycles. The summed E-state index contributed by atoms with van der Waals surface area (Å²) in [7, 11) is -3.57. The van der Waals surface area contributed by atoms with Crippen LogP contribution >= 0.6 is 15.9 Å². The van der Waals surface area contributed by atoms with Crippen LogP contribution in [0.5, 0.6) is 0 Å². The Morgan fingerprint density at radius 3 is 2.61 bits per heavy atom. The van der Waals surface area contributed by atoms with E-state index in [1.165, 1.54) is 0 Å². The van der Waals surface area contributed by atoms with Crippen LogP contribution in [0.1, 0.15) is 11.1 Å². The molecule has 28 heavy (non-hydrogen) atoms. The molecule has 1 amide bonds. The predicted molar refractivity (Wildman–Crippen MR) is 113 cm³/mol. The topological polar surface area (TPSA) is 75.7 Å². The van der Waals surface area contributed by atoms with Crippen LogP contribution in [0.25, 0.3) is 0 Å². The highest BCUT2D eigenvalue weighted by molar-refractivity contribution is 9.10. The third kappa shape index (κ3) is 6.41. The smallest absolute Gasteiger partial charge is 0.239 e. The van der Waals surface area contributed by atoms with Crippen molar-refractivity contribution < 1.29 is 17.9 Å². The number of halogens is 1. The van der Waals surface area contributed by atoms with E-state index in [0.717, 1.165) is 23.1 Å². The fourth-order valence-electron chi connectivity index (χ4n) is 3.10. The van der Waals surface area contributed by atoms with Crippen LogP contribution in [-0.4, -0.2) is 51.3 Å². The molecule has 1 saturated heterocycles. The van der Waals surface area contributed by atoms with Crippen LogP contribution < -0.4 is 5.32 Å². The van der Waals surface area contributed by atoms with Crippen LogP contribution in [0.2, 0.25) is 0 Å². The zero-order chi connectivity index (χ0) is 20.0. The summed E-state index contributed by atoms with van der Waals surface area (Å²) in [5, 5.41) is 2.77. The Labute approximate surface area is 173 Å². The van der Waals surface area contributed by atoms with Crippen molar-refractivity contribution in [2.24, 2.45) is 0 Å². The normalized spacial score (nSPS) is 15.3. The maximum atomic E-state index is 12.4. The summed E-state index contributed by atoms with van der Waals surface area (Å²) in [5.41, 5.74) is 2.26. The molecule has 0 atom stereocenters. The average Bonchev–Trinajstić information content (AvgIpc) is 2.63. The molecule has 0 unspecified atom stereocenters. The number of hydrogen-bond donors (Lipinski definition) is 1. The predicted octanol–water partition coefficient (Wildman–Crippen LogP) is 2.83. The van der Waals surface area contributed by atoms with Crippen molar-refractivity contribution in [3.05, 3.63) is 64.1 Å². The zero-order valence-corrected chi connectivity index (χ0v) is 17.8. The first-order chi connectivity index (χ1) is 13.4. The second-order valence-electron chi connectivity index (χ2n) is 6.76. The third-order valence-corrected chi connectivity index (χ3v) is 6.38. The number of sulfone groups is 1. The van der Waals surface area contributed by atoms with Gasteiger partial charge in [-0.3, -0.25) is 9.69 Å². The van der Waals surface area contributed by atoms with Gasteiger partial charge in [0.1, 0.15) is 5.75 Å². The van der Waals surface area contributed by atoms with Crippen LogP contribution in [-0.2, 0) is 31.7 Å². The van der Waals surface area contributed by atoms with Gasteiger partial charge in [-0.25, -0.2) is 8.42 Å². The molecule has 0 bridgehead atoms. The summed E-state index contributed by atoms with van der Waals surface area (Å²) >= 11 is 3.33. The Hall–Kier alpha value is -1.74. The second-order valence-corrected chi connectivity index (χ2v) is 9.74. The largest absolute Gasteiger partial charge is 0.379 e. The number of ether oxygens (including phenoxy) is 1. The van der Waals surface area contributed by atoms with E-state index in [0.29, 0.717) is 31.0 Å². The Morgan fingerprint density at radius 2 is 1.86 bits per heavy atom. The van der Waals surface area contributed by atoms with Crippen molar-refractivity contribution in [2.75, 3.05) is 37.4 Å². The Kier molecular flexibility index (Phi) is 7.23. The van der Waals surface area contributed by atoms with Gasteiger partial charge in [0.15, 0.2) is 9.84 Å². The molecule has 1 heterocycles. The Morgan fingerprint density at radius 1 is 1.11 bits per heavy atom. The van der Waals surface area contributed by atoms with E-state index in [1.807, 2.05) is 24.3 Å². The van der Waals surface area contributed by atoms with E-state index in [-0.39, 0.29) is 5.75 Å². The lowest BCUT2D eigenvalue weighted by Gasteiger charge is -2.27. The number of amides is 1. The summed E-state index contributed by atoms with van der Waals surface area (Å²) in [5.74, 6) is -1.25. The number of carbonyl (C=O) groups is 1. The van der Waals surface area contributed by atoms with Crippen LogP contribution in [0, 0.1) is 0 Å². The molecule has 8 heteroatoms. The Bertz CT molecular complexity index is 927. The van der Waals surface area contributed by atoms with E-state index in [1.54, 1.807) is 24.3 Å². The molecule has 0 aliphatic carbocycles. The number of nitrogens with zero attached hydrogens (tertiary/aromatic N) is 1. The molecule has 1 aliphatic heterocycles. The maximum absolute atomic E-state index is 12.4. The molecule has 150 valence electrons. The fraction of sp³-hybridized carbons (Fsp3) is 0.350. The van der Waals surface area contributed by atoms with Gasteiger partial charge >= 0.3 is 0 Å². The van der Waals surface area contributed by atoms with E-state index < -0.39 is 21.5 Å². The second kappa shape index (κ2) is 9.65. The molecule has 1 aliphatic rings. The number of para-hydroxylation sites is 1. The van der Waals surface area contributed by atoms with E-state index in [9.17, 15) is 13.2 Å². The fourth-order valence-corrected chi connectivity index (χ4v) is 4.81. The van der Waals surface area contributed by atoms with Gasteiger partial charge < -0.3 is 10.1 Å². The van der Waals surface area contributed by atoms with Gasteiger partial charge in [0.2, 0.25) is 5.91 Å². The summed E-state index contributed by atoms with van der Waals surface area (Å²) < 4.78 is 31.0. The standard InChI is InChI=1S/C20H23BrN2O4S/c21-18-6-3-4-16(12-18)14-28(25,26)15-20(24)22-19-7-2-1-5-17(19)13-23-8-10-27-11-9-23/h1-7,12H,8-11,13-15H2,(H,22,24). The van der Waals surface area contributed by atoms with Gasteiger partial charge in [0.05, 0.1) is 19.0 Å². The molecule has 1 fully saturated rings. The van der Waals surface area contributed by atoms with Crippen LogP contribution in [0.3, 0.4) is 0 Å². The lowest BCUT2D eigenvalue weighted by atomic mass is 10.1. The number of anilines is 1. The average molecular weight is 467 g/mol. The highest BCUT2D eigenvalue weighted by Crippen LogP contribution is 2.19. The number of benzene rings is 2. The monoisotopic (exact) mass is 466 g/mol. The number of carbonyl (C=O) groups excluding carboxylic acids is 1. The van der Waals surface area contributed by atoms with Crippen molar-refractivity contribution in [3.63, 3.8) is 0 Å². The molecular formula is C20H23BrN2O4S. The maximum Gasteiger partial charge on any atom is 0.239 e. The van der Waals surface area contributed by atoms with Gasteiger partial charge in [-0.1, -0.05) is 46.3 Å². The number of hydrogen-bond acceptors (Lipinski definition) is 5. The van der Waals surface area contributed by atoms with Gasteiger partial charge in [-0.05, 0) is 29.3 Å². The van der Waals surface area contributed by atoms with E-state index in [2.05, 4.69) is 26.1 Å². The lowest BCUT2D eigenvalue weighted by Crippen LogP contribution is -2.36. The Balaban J connectivity index is 1.62. The first-order valence-corrected chi connectivity index (χ1v) is 11.7. The van der Waals surface area contributed by atoms with Gasteiger partial charge in [-0.2, -0.15) is 0 Å². The molecule has 6 nitrogen and oxygen atoms in total. The SMILES string of the molecule is O=C(CS(=O)(=O)Cc1cccc(Br)c1)Nc1ccccc1CN1CCOCC1. The van der Waals surface area contributed by atoms with Crippen molar-refractivity contribution in [2.45, 2.75) is 12.3 Å². The summed E-state index contributed by atoms with van der Waals surface area (Å²) in [6.07, 6.45) is 0. The van der Waals surface area contributed by atoms with Crippen molar-refractivity contribution in [3.8, 4) is 0 Å². The lowest BCUT2D eigenvalue weighted by molar-refractivity contribution is -0.113. The third-order valence-electron chi connectivity index (χ3n) is 4.42. The quantitative estimate of drug-likeness (QED) is 0.678. The molecule has 0 aromatic heterocycles. The number of nitrogens with one attached hydrogen (secondary N) is 1. The van der Waals surface area contributed by atoms with Crippen molar-refractivity contribution in [1.82, 2.24) is 4.90 Å². The van der Waals surface area contributed by atoms with Gasteiger partial charge in [0, 0.05) is 29.8 Å². The molecule has 2 aromatic rings. The first kappa shape index (κ1) is 21.0. The minimum atomic E-state index is -3.57. The zero-order valence-electron chi connectivity index (χ0n) is 15.4. The summed E-state index contributed by atoms with van der Waals surface area (Å²) in [6.45, 7) is 3.75. The van der Waals surface area contributed by atoms with Crippen LogP contribution in [0.4, 0.5) is 5.69 Å². The van der Waals surface area contributed by atoms with Crippen molar-refractivity contribution in [1.29, 1.82) is 0 Å². The minimum absolute atomic E-state index is 0.171. The number of rotatable bonds is 7. The first-order valence-electron chi connectivity index (χ1n) is 9.04. The van der Waals surface area contributed by atoms with Crippen molar-refractivity contribution >= 4 is 37.4 Å². The molecule has 3 rings (SSSR count). The molecule has 0 spiro atoms. The van der Waals surface area contributed by atoms with Crippen LogP contribution in [0.15, 0.2) is 53.0 Å². The summed E-state index contributed by atoms with van der Waals surface area (Å²) in [4.78, 5) is 14.6. The highest BCUT2D eigenvalue weighted by atomic mass is 79.9. The number of morpholine rings is 1. The van der Waals surface area contributed by atoms with E-state index >= 15 is 0 Å². The van der Waals surface area contributed by atoms with Gasteiger partial charge in [0.25, 0.3) is 0 Å². The summed E-state index contributed by atoms with van der Waals surface area (Å²) in [6, 6.07) is 14.6. The van der Waals surface area contributed by atoms with E-state index in [4.69, 9.17) is 4.74 Å². The molecule has 0 saturated carbocycles.